The second kappa shape index (κ2) is 5.91. The molecule has 96 valence electrons. The first kappa shape index (κ1) is 13.0. The molecule has 0 aliphatic carbocycles. The summed E-state index contributed by atoms with van der Waals surface area (Å²) in [5.74, 6) is 0.145. The molecule has 1 aromatic heterocycles. The lowest BCUT2D eigenvalue weighted by molar-refractivity contribution is 0.457. The van der Waals surface area contributed by atoms with Crippen LogP contribution in [0.4, 0.5) is 0 Å². The number of nitrogens with zero attached hydrogens (tertiary/aromatic N) is 1. The van der Waals surface area contributed by atoms with Crippen molar-refractivity contribution in [2.45, 2.75) is 26.2 Å². The summed E-state index contributed by atoms with van der Waals surface area (Å²) < 4.78 is 0. The summed E-state index contributed by atoms with van der Waals surface area (Å²) >= 11 is 5.96. The minimum Gasteiger partial charge on any atom is -0.494 e. The lowest BCUT2D eigenvalue weighted by atomic mass is 10.2. The van der Waals surface area contributed by atoms with Gasteiger partial charge in [-0.3, -0.25) is 4.99 Å². The summed E-state index contributed by atoms with van der Waals surface area (Å²) in [4.78, 5) is 7.26. The van der Waals surface area contributed by atoms with Crippen LogP contribution in [0.1, 0.15) is 31.7 Å². The Balaban J connectivity index is 2.21. The summed E-state index contributed by atoms with van der Waals surface area (Å²) in [7, 11) is 0. The van der Waals surface area contributed by atoms with Gasteiger partial charge in [0.15, 0.2) is 5.88 Å². The maximum Gasteiger partial charge on any atom is 0.198 e. The number of halogens is 1. The van der Waals surface area contributed by atoms with Gasteiger partial charge in [-0.25, -0.2) is 0 Å². The van der Waals surface area contributed by atoms with E-state index in [0.717, 1.165) is 23.9 Å². The molecule has 2 rings (SSSR count). The summed E-state index contributed by atoms with van der Waals surface area (Å²) in [6.45, 7) is 2.96. The number of aromatic nitrogens is 1. The van der Waals surface area contributed by atoms with Crippen molar-refractivity contribution in [2.75, 3.05) is 6.54 Å². The first-order chi connectivity index (χ1) is 8.72. The summed E-state index contributed by atoms with van der Waals surface area (Å²) in [5.41, 5.74) is 1.58. The van der Waals surface area contributed by atoms with Gasteiger partial charge >= 0.3 is 0 Å². The van der Waals surface area contributed by atoms with Crippen LogP contribution in [0.25, 0.3) is 10.9 Å². The lowest BCUT2D eigenvalue weighted by Gasteiger charge is -1.95. The average Bonchev–Trinajstić information content (AvgIpc) is 2.65. The topological polar surface area (TPSA) is 48.4 Å². The van der Waals surface area contributed by atoms with E-state index < -0.39 is 0 Å². The molecule has 0 radical (unpaired) electrons. The zero-order valence-corrected chi connectivity index (χ0v) is 11.2. The minimum absolute atomic E-state index is 0.145. The number of nitrogens with one attached hydrogen (secondary N) is 1. The predicted octanol–water partition coefficient (Wildman–Crippen LogP) is 4.14. The molecule has 2 N–H and O–H groups in total. The Bertz CT molecular complexity index is 560. The molecule has 0 saturated carbocycles. The number of hydrogen-bond donors (Lipinski definition) is 2. The number of hydrogen-bond acceptors (Lipinski definition) is 2. The molecule has 0 saturated heterocycles. The molecule has 3 nitrogen and oxygen atoms in total. The zero-order valence-electron chi connectivity index (χ0n) is 10.4. The number of benzene rings is 1. The molecular formula is C14H17ClN2O. The molecule has 2 aromatic rings. The van der Waals surface area contributed by atoms with Crippen molar-refractivity contribution >= 4 is 28.7 Å². The summed E-state index contributed by atoms with van der Waals surface area (Å²) in [6, 6.07) is 5.48. The van der Waals surface area contributed by atoms with Gasteiger partial charge in [-0.05, 0) is 24.6 Å². The molecular weight excluding hydrogens is 248 g/mol. The second-order valence-corrected chi connectivity index (χ2v) is 4.76. The van der Waals surface area contributed by atoms with Gasteiger partial charge in [0.05, 0.1) is 5.56 Å². The van der Waals surface area contributed by atoms with Crippen molar-refractivity contribution in [1.82, 2.24) is 4.98 Å². The van der Waals surface area contributed by atoms with Crippen LogP contribution >= 0.6 is 11.6 Å². The molecule has 0 atom stereocenters. The predicted molar refractivity (Wildman–Crippen MR) is 77.0 cm³/mol. The van der Waals surface area contributed by atoms with Crippen LogP contribution in [0.3, 0.4) is 0 Å². The van der Waals surface area contributed by atoms with Gasteiger partial charge in [0.1, 0.15) is 0 Å². The maximum absolute atomic E-state index is 9.84. The molecule has 0 bridgehead atoms. The third-order valence-electron chi connectivity index (χ3n) is 2.89. The monoisotopic (exact) mass is 264 g/mol. The normalized spacial score (nSPS) is 11.7. The van der Waals surface area contributed by atoms with Gasteiger partial charge in [-0.2, -0.15) is 0 Å². The van der Waals surface area contributed by atoms with E-state index in [1.807, 2.05) is 12.1 Å². The first-order valence-electron chi connectivity index (χ1n) is 6.22. The van der Waals surface area contributed by atoms with Crippen LogP contribution in [0.15, 0.2) is 23.2 Å². The number of unbranched alkanes of at least 4 members (excludes halogenated alkanes) is 2. The van der Waals surface area contributed by atoms with Crippen molar-refractivity contribution in [1.29, 1.82) is 0 Å². The van der Waals surface area contributed by atoms with Crippen molar-refractivity contribution in [3.8, 4) is 5.88 Å². The van der Waals surface area contributed by atoms with Crippen molar-refractivity contribution < 1.29 is 5.11 Å². The van der Waals surface area contributed by atoms with Crippen LogP contribution in [0.5, 0.6) is 5.88 Å². The van der Waals surface area contributed by atoms with Gasteiger partial charge in [-0.1, -0.05) is 31.4 Å². The van der Waals surface area contributed by atoms with E-state index in [1.54, 1.807) is 12.3 Å². The Hall–Kier alpha value is -1.48. The highest BCUT2D eigenvalue weighted by atomic mass is 35.5. The summed E-state index contributed by atoms with van der Waals surface area (Å²) in [5, 5.41) is 11.4. The molecule has 0 fully saturated rings. The van der Waals surface area contributed by atoms with Crippen LogP contribution in [-0.4, -0.2) is 22.8 Å². The third kappa shape index (κ3) is 2.85. The maximum atomic E-state index is 9.84. The molecule has 0 amide bonds. The van der Waals surface area contributed by atoms with Gasteiger partial charge < -0.3 is 10.1 Å². The van der Waals surface area contributed by atoms with E-state index >= 15 is 0 Å². The standard InChI is InChI=1S/C14H17ClN2O/c1-2-3-4-7-16-9-12-11-8-10(15)5-6-13(11)17-14(12)18/h5-6,8-9,17-18H,2-4,7H2,1H3. The SMILES string of the molecule is CCCCCN=Cc1c(O)[nH]c2ccc(Cl)cc12. The van der Waals surface area contributed by atoms with Gasteiger partial charge in [0, 0.05) is 28.7 Å². The number of fused-ring (bicyclic) bond motifs is 1. The fourth-order valence-corrected chi connectivity index (χ4v) is 2.08. The van der Waals surface area contributed by atoms with Gasteiger partial charge in [0.2, 0.25) is 0 Å². The summed E-state index contributed by atoms with van der Waals surface area (Å²) in [6.07, 6.45) is 5.17. The molecule has 0 spiro atoms. The van der Waals surface area contributed by atoms with Gasteiger partial charge in [-0.15, -0.1) is 0 Å². The molecule has 0 aliphatic heterocycles. The van der Waals surface area contributed by atoms with Crippen molar-refractivity contribution in [3.63, 3.8) is 0 Å². The quantitative estimate of drug-likeness (QED) is 0.619. The molecule has 0 aliphatic rings. The van der Waals surface area contributed by atoms with Crippen LogP contribution in [0, 0.1) is 0 Å². The van der Waals surface area contributed by atoms with Crippen molar-refractivity contribution in [3.05, 3.63) is 28.8 Å². The number of aliphatic imine (C=N–C) groups is 1. The Morgan fingerprint density at radius 1 is 1.39 bits per heavy atom. The smallest absolute Gasteiger partial charge is 0.198 e. The third-order valence-corrected chi connectivity index (χ3v) is 3.13. The Morgan fingerprint density at radius 3 is 3.00 bits per heavy atom. The Kier molecular flexibility index (Phi) is 4.26. The molecule has 1 aromatic carbocycles. The van der Waals surface area contributed by atoms with Crippen LogP contribution in [-0.2, 0) is 0 Å². The van der Waals surface area contributed by atoms with E-state index in [1.165, 1.54) is 12.8 Å². The van der Waals surface area contributed by atoms with E-state index in [4.69, 9.17) is 11.6 Å². The number of aromatic hydroxyl groups is 1. The van der Waals surface area contributed by atoms with Crippen LogP contribution < -0.4 is 0 Å². The number of aromatic amines is 1. The van der Waals surface area contributed by atoms with E-state index in [-0.39, 0.29) is 5.88 Å². The van der Waals surface area contributed by atoms with Crippen LogP contribution in [0.2, 0.25) is 5.02 Å². The molecule has 4 heteroatoms. The van der Waals surface area contributed by atoms with Crippen molar-refractivity contribution in [2.24, 2.45) is 4.99 Å². The fraction of sp³-hybridized carbons (Fsp3) is 0.357. The first-order valence-corrected chi connectivity index (χ1v) is 6.60. The number of rotatable bonds is 5. The lowest BCUT2D eigenvalue weighted by Crippen LogP contribution is -1.84. The highest BCUT2D eigenvalue weighted by molar-refractivity contribution is 6.31. The van der Waals surface area contributed by atoms with E-state index in [9.17, 15) is 5.11 Å². The largest absolute Gasteiger partial charge is 0.494 e. The Labute approximate surface area is 112 Å². The molecule has 18 heavy (non-hydrogen) atoms. The van der Waals surface area contributed by atoms with Gasteiger partial charge in [0.25, 0.3) is 0 Å². The van der Waals surface area contributed by atoms with E-state index in [0.29, 0.717) is 10.6 Å². The molecule has 0 unspecified atom stereocenters. The highest BCUT2D eigenvalue weighted by Crippen LogP contribution is 2.27. The average molecular weight is 265 g/mol. The Morgan fingerprint density at radius 2 is 2.22 bits per heavy atom. The zero-order chi connectivity index (χ0) is 13.0. The highest BCUT2D eigenvalue weighted by Gasteiger charge is 2.08. The second-order valence-electron chi connectivity index (χ2n) is 4.32. The minimum atomic E-state index is 0.145. The van der Waals surface area contributed by atoms with E-state index in [2.05, 4.69) is 16.9 Å². The number of H-pyrrole nitrogens is 1. The molecule has 1 heterocycles. The fourth-order valence-electron chi connectivity index (χ4n) is 1.91.